The first-order chi connectivity index (χ1) is 16.5. The van der Waals surface area contributed by atoms with Gasteiger partial charge in [0.15, 0.2) is 0 Å². The quantitative estimate of drug-likeness (QED) is 0.549. The monoisotopic (exact) mass is 455 g/mol. The van der Waals surface area contributed by atoms with Crippen LogP contribution < -0.4 is 15.5 Å². The number of rotatable bonds is 6. The Kier molecular flexibility index (Phi) is 6.98. The largest absolute Gasteiger partial charge is 0.368 e. The van der Waals surface area contributed by atoms with Gasteiger partial charge in [0.25, 0.3) is 5.91 Å². The molecule has 0 radical (unpaired) electrons. The summed E-state index contributed by atoms with van der Waals surface area (Å²) in [6, 6.07) is 18.8. The fourth-order valence-corrected chi connectivity index (χ4v) is 3.76. The van der Waals surface area contributed by atoms with Gasteiger partial charge in [-0.3, -0.25) is 9.59 Å². The fraction of sp³-hybridized carbons (Fsp3) is 0.240. The Hall–Kier alpha value is -4.45. The molecule has 2 N–H and O–H groups in total. The van der Waals surface area contributed by atoms with Gasteiger partial charge < -0.3 is 20.4 Å². The van der Waals surface area contributed by atoms with Crippen molar-refractivity contribution in [1.82, 2.24) is 20.2 Å². The van der Waals surface area contributed by atoms with E-state index in [0.717, 1.165) is 48.8 Å². The lowest BCUT2D eigenvalue weighted by Gasteiger charge is -2.35. The standard InChI is InChI=1S/C25H25N7O2/c1-18(33)31-14-16-32(17-15-31)22-8-6-21(7-9-22)29-25-28-12-10-23(30-25)19-2-4-20(5-3-19)24(34)27-13-11-26/h2-10,12H,13-17H2,1H3,(H,27,34)(H,28,29,30). The van der Waals surface area contributed by atoms with E-state index in [-0.39, 0.29) is 18.4 Å². The van der Waals surface area contributed by atoms with E-state index in [1.165, 1.54) is 0 Å². The van der Waals surface area contributed by atoms with Crippen molar-refractivity contribution in [2.24, 2.45) is 0 Å². The van der Waals surface area contributed by atoms with Crippen LogP contribution in [0.2, 0.25) is 0 Å². The van der Waals surface area contributed by atoms with E-state index in [1.54, 1.807) is 31.3 Å². The van der Waals surface area contributed by atoms with Gasteiger partial charge in [-0.05, 0) is 42.5 Å². The number of aromatic nitrogens is 2. The first kappa shape index (κ1) is 22.7. The number of amides is 2. The van der Waals surface area contributed by atoms with Gasteiger partial charge in [0.2, 0.25) is 11.9 Å². The molecule has 0 bridgehead atoms. The van der Waals surface area contributed by atoms with Crippen LogP contribution in [0.4, 0.5) is 17.3 Å². The van der Waals surface area contributed by atoms with E-state index >= 15 is 0 Å². The minimum absolute atomic E-state index is 0.0288. The first-order valence-corrected chi connectivity index (χ1v) is 11.0. The normalized spacial score (nSPS) is 13.2. The number of benzene rings is 2. The van der Waals surface area contributed by atoms with E-state index in [0.29, 0.717) is 11.5 Å². The zero-order chi connectivity index (χ0) is 23.9. The third-order valence-electron chi connectivity index (χ3n) is 5.64. The highest BCUT2D eigenvalue weighted by molar-refractivity contribution is 5.94. The molecule has 2 heterocycles. The van der Waals surface area contributed by atoms with Crippen LogP contribution in [0.3, 0.4) is 0 Å². The van der Waals surface area contributed by atoms with Gasteiger partial charge in [-0.1, -0.05) is 12.1 Å². The van der Waals surface area contributed by atoms with E-state index in [1.807, 2.05) is 47.4 Å². The molecule has 34 heavy (non-hydrogen) atoms. The minimum Gasteiger partial charge on any atom is -0.368 e. The number of hydrogen-bond acceptors (Lipinski definition) is 7. The lowest BCUT2D eigenvalue weighted by molar-refractivity contribution is -0.129. The lowest BCUT2D eigenvalue weighted by atomic mass is 10.1. The lowest BCUT2D eigenvalue weighted by Crippen LogP contribution is -2.48. The highest BCUT2D eigenvalue weighted by Crippen LogP contribution is 2.23. The number of nitrogens with zero attached hydrogens (tertiary/aromatic N) is 5. The Morgan fingerprint density at radius 2 is 1.71 bits per heavy atom. The van der Waals surface area contributed by atoms with E-state index in [4.69, 9.17) is 5.26 Å². The number of carbonyl (C=O) groups excluding carboxylic acids is 2. The van der Waals surface area contributed by atoms with Crippen molar-refractivity contribution in [3.8, 4) is 17.3 Å². The van der Waals surface area contributed by atoms with Gasteiger partial charge in [-0.2, -0.15) is 5.26 Å². The third kappa shape index (κ3) is 5.48. The average molecular weight is 456 g/mol. The summed E-state index contributed by atoms with van der Waals surface area (Å²) < 4.78 is 0. The SMILES string of the molecule is CC(=O)N1CCN(c2ccc(Nc3nccc(-c4ccc(C(=O)NCC#N)cc4)n3)cc2)CC1. The molecule has 1 aliphatic rings. The summed E-state index contributed by atoms with van der Waals surface area (Å²) in [5.41, 5.74) is 4.04. The van der Waals surface area contributed by atoms with Crippen molar-refractivity contribution in [2.75, 3.05) is 42.9 Å². The molecule has 9 nitrogen and oxygen atoms in total. The first-order valence-electron chi connectivity index (χ1n) is 11.0. The third-order valence-corrected chi connectivity index (χ3v) is 5.64. The Bertz CT molecular complexity index is 1200. The Morgan fingerprint density at radius 3 is 2.35 bits per heavy atom. The predicted molar refractivity (Wildman–Crippen MR) is 130 cm³/mol. The summed E-state index contributed by atoms with van der Waals surface area (Å²) >= 11 is 0. The molecule has 1 fully saturated rings. The van der Waals surface area contributed by atoms with Crippen molar-refractivity contribution in [1.29, 1.82) is 5.26 Å². The Morgan fingerprint density at radius 1 is 1.00 bits per heavy atom. The second-order valence-corrected chi connectivity index (χ2v) is 7.85. The van der Waals surface area contributed by atoms with E-state index in [9.17, 15) is 9.59 Å². The van der Waals surface area contributed by atoms with Crippen LogP contribution in [0.15, 0.2) is 60.8 Å². The van der Waals surface area contributed by atoms with Crippen LogP contribution in [-0.2, 0) is 4.79 Å². The zero-order valence-electron chi connectivity index (χ0n) is 18.9. The van der Waals surface area contributed by atoms with Crippen LogP contribution >= 0.6 is 0 Å². The molecule has 0 atom stereocenters. The maximum absolute atomic E-state index is 12.0. The number of hydrogen-bond donors (Lipinski definition) is 2. The maximum Gasteiger partial charge on any atom is 0.252 e. The van der Waals surface area contributed by atoms with Crippen molar-refractivity contribution >= 4 is 29.1 Å². The molecule has 1 aromatic heterocycles. The average Bonchev–Trinajstić information content (AvgIpc) is 2.88. The fourth-order valence-electron chi connectivity index (χ4n) is 3.76. The van der Waals surface area contributed by atoms with E-state index in [2.05, 4.69) is 25.5 Å². The van der Waals surface area contributed by atoms with Gasteiger partial charge in [0.05, 0.1) is 11.8 Å². The molecule has 0 aliphatic carbocycles. The molecule has 0 saturated carbocycles. The number of carbonyl (C=O) groups is 2. The molecule has 4 rings (SSSR count). The minimum atomic E-state index is -0.290. The molecule has 1 saturated heterocycles. The van der Waals surface area contributed by atoms with Gasteiger partial charge in [0, 0.05) is 61.8 Å². The van der Waals surface area contributed by atoms with Gasteiger partial charge in [0.1, 0.15) is 6.54 Å². The summed E-state index contributed by atoms with van der Waals surface area (Å²) in [5, 5.41) is 14.3. The van der Waals surface area contributed by atoms with Crippen LogP contribution in [0.1, 0.15) is 17.3 Å². The summed E-state index contributed by atoms with van der Waals surface area (Å²) in [4.78, 5) is 36.5. The van der Waals surface area contributed by atoms with Crippen molar-refractivity contribution < 1.29 is 9.59 Å². The summed E-state index contributed by atoms with van der Waals surface area (Å²) in [5.74, 6) is 0.303. The maximum atomic E-state index is 12.0. The van der Waals surface area contributed by atoms with Crippen LogP contribution in [0.25, 0.3) is 11.3 Å². The number of anilines is 3. The molecule has 1 aliphatic heterocycles. The summed E-state index contributed by atoms with van der Waals surface area (Å²) in [7, 11) is 0. The molecular formula is C25H25N7O2. The number of nitriles is 1. The molecule has 0 spiro atoms. The Labute approximate surface area is 198 Å². The van der Waals surface area contributed by atoms with E-state index < -0.39 is 0 Å². The zero-order valence-corrected chi connectivity index (χ0v) is 18.9. The van der Waals surface area contributed by atoms with Crippen LogP contribution in [0.5, 0.6) is 0 Å². The molecule has 9 heteroatoms. The molecule has 2 aromatic carbocycles. The summed E-state index contributed by atoms with van der Waals surface area (Å²) in [6.45, 7) is 4.69. The van der Waals surface area contributed by atoms with Gasteiger partial charge in [-0.15, -0.1) is 0 Å². The van der Waals surface area contributed by atoms with Crippen molar-refractivity contribution in [2.45, 2.75) is 6.92 Å². The molecule has 2 amide bonds. The second kappa shape index (κ2) is 10.4. The van der Waals surface area contributed by atoms with Crippen molar-refractivity contribution in [3.05, 3.63) is 66.4 Å². The Balaban J connectivity index is 1.39. The highest BCUT2D eigenvalue weighted by Gasteiger charge is 2.18. The number of nitrogens with one attached hydrogen (secondary N) is 2. The molecule has 0 unspecified atom stereocenters. The second-order valence-electron chi connectivity index (χ2n) is 7.85. The van der Waals surface area contributed by atoms with Gasteiger partial charge in [-0.25, -0.2) is 9.97 Å². The van der Waals surface area contributed by atoms with Crippen LogP contribution in [-0.4, -0.2) is 59.4 Å². The summed E-state index contributed by atoms with van der Waals surface area (Å²) in [6.07, 6.45) is 1.68. The number of piperazine rings is 1. The topological polar surface area (TPSA) is 114 Å². The molecule has 172 valence electrons. The van der Waals surface area contributed by atoms with Crippen molar-refractivity contribution in [3.63, 3.8) is 0 Å². The predicted octanol–water partition coefficient (Wildman–Crippen LogP) is 2.81. The van der Waals surface area contributed by atoms with Crippen LogP contribution in [0, 0.1) is 11.3 Å². The molecular weight excluding hydrogens is 430 g/mol. The smallest absolute Gasteiger partial charge is 0.252 e. The highest BCUT2D eigenvalue weighted by atomic mass is 16.2. The molecule has 3 aromatic rings. The van der Waals surface area contributed by atoms with Gasteiger partial charge >= 0.3 is 0 Å².